The Morgan fingerprint density at radius 1 is 1.22 bits per heavy atom. The lowest BCUT2D eigenvalue weighted by Crippen LogP contribution is -2.47. The number of imidazole rings is 1. The summed E-state index contributed by atoms with van der Waals surface area (Å²) >= 11 is 6.11. The Hall–Kier alpha value is -2.94. The van der Waals surface area contributed by atoms with Gasteiger partial charge in [-0.2, -0.15) is 0 Å². The number of nitrogens with one attached hydrogen (secondary N) is 2. The van der Waals surface area contributed by atoms with Crippen molar-refractivity contribution in [3.63, 3.8) is 0 Å². The standard InChI is InChI=1S/C23H23ClN4O4/c1-14-10-15(2-5-19(14)28-7-9-31-12-20(28)29)21(30)27-23(6-8-32-13-23)22-25-17-4-3-16(24)11-18(17)26-22/h2-5,10-11H,6-9,12-13H2,1H3,(H,25,26)(H,27,30). The molecule has 2 saturated heterocycles. The van der Waals surface area contributed by atoms with Gasteiger partial charge in [0.05, 0.1) is 24.2 Å². The third-order valence-electron chi connectivity index (χ3n) is 6.01. The first-order valence-corrected chi connectivity index (χ1v) is 10.9. The largest absolute Gasteiger partial charge is 0.378 e. The Morgan fingerprint density at radius 3 is 2.84 bits per heavy atom. The summed E-state index contributed by atoms with van der Waals surface area (Å²) in [7, 11) is 0. The number of fused-ring (bicyclic) bond motifs is 1. The van der Waals surface area contributed by atoms with E-state index in [-0.39, 0.29) is 18.4 Å². The topological polar surface area (TPSA) is 96.6 Å². The molecule has 3 heterocycles. The van der Waals surface area contributed by atoms with E-state index in [1.54, 1.807) is 23.1 Å². The fourth-order valence-electron chi connectivity index (χ4n) is 4.28. The summed E-state index contributed by atoms with van der Waals surface area (Å²) in [4.78, 5) is 35.1. The van der Waals surface area contributed by atoms with Crippen molar-refractivity contribution in [1.82, 2.24) is 15.3 Å². The monoisotopic (exact) mass is 454 g/mol. The smallest absolute Gasteiger partial charge is 0.253 e. The molecule has 32 heavy (non-hydrogen) atoms. The molecule has 1 atom stereocenters. The van der Waals surface area contributed by atoms with Crippen molar-refractivity contribution in [2.24, 2.45) is 0 Å². The predicted molar refractivity (Wildman–Crippen MR) is 120 cm³/mol. The third kappa shape index (κ3) is 3.74. The Kier molecular flexibility index (Phi) is 5.36. The van der Waals surface area contributed by atoms with Gasteiger partial charge in [-0.1, -0.05) is 11.6 Å². The van der Waals surface area contributed by atoms with Crippen LogP contribution in [0, 0.1) is 6.92 Å². The van der Waals surface area contributed by atoms with Gasteiger partial charge in [-0.3, -0.25) is 9.59 Å². The number of nitrogens with zero attached hydrogens (tertiary/aromatic N) is 2. The zero-order chi connectivity index (χ0) is 22.3. The van der Waals surface area contributed by atoms with E-state index in [2.05, 4.69) is 10.3 Å². The molecular formula is C23H23ClN4O4. The van der Waals surface area contributed by atoms with Crippen LogP contribution < -0.4 is 10.2 Å². The second-order valence-corrected chi connectivity index (χ2v) is 8.62. The van der Waals surface area contributed by atoms with Crippen LogP contribution in [-0.2, 0) is 19.8 Å². The van der Waals surface area contributed by atoms with Gasteiger partial charge in [-0.05, 0) is 48.9 Å². The van der Waals surface area contributed by atoms with E-state index in [0.717, 1.165) is 22.3 Å². The van der Waals surface area contributed by atoms with Crippen LogP contribution in [0.2, 0.25) is 5.02 Å². The molecule has 2 N–H and O–H groups in total. The maximum absolute atomic E-state index is 13.2. The molecule has 0 bridgehead atoms. The van der Waals surface area contributed by atoms with Crippen molar-refractivity contribution in [3.05, 3.63) is 58.4 Å². The van der Waals surface area contributed by atoms with Crippen LogP contribution in [0.4, 0.5) is 5.69 Å². The van der Waals surface area contributed by atoms with Crippen LogP contribution in [0.15, 0.2) is 36.4 Å². The van der Waals surface area contributed by atoms with Crippen LogP contribution in [-0.4, -0.2) is 54.8 Å². The highest BCUT2D eigenvalue weighted by Gasteiger charge is 2.41. The fraction of sp³-hybridized carbons (Fsp3) is 0.348. The van der Waals surface area contributed by atoms with Crippen molar-refractivity contribution in [2.75, 3.05) is 37.9 Å². The quantitative estimate of drug-likeness (QED) is 0.631. The summed E-state index contributed by atoms with van der Waals surface area (Å²) in [6.07, 6.45) is 0.603. The van der Waals surface area contributed by atoms with E-state index in [4.69, 9.17) is 26.1 Å². The molecule has 2 aliphatic rings. The first-order valence-electron chi connectivity index (χ1n) is 10.5. The van der Waals surface area contributed by atoms with Gasteiger partial charge < -0.3 is 24.7 Å². The Balaban J connectivity index is 1.42. The highest BCUT2D eigenvalue weighted by Crippen LogP contribution is 2.32. The van der Waals surface area contributed by atoms with Gasteiger partial charge in [-0.15, -0.1) is 0 Å². The molecule has 0 radical (unpaired) electrons. The number of aryl methyl sites for hydroxylation is 1. The minimum atomic E-state index is -0.755. The summed E-state index contributed by atoms with van der Waals surface area (Å²) in [6, 6.07) is 10.8. The van der Waals surface area contributed by atoms with Crippen molar-refractivity contribution in [2.45, 2.75) is 18.9 Å². The number of rotatable bonds is 4. The number of aromatic amines is 1. The van der Waals surface area contributed by atoms with Gasteiger partial charge in [0, 0.05) is 35.8 Å². The average molecular weight is 455 g/mol. The van der Waals surface area contributed by atoms with Gasteiger partial charge in [0.2, 0.25) is 0 Å². The molecule has 2 aliphatic heterocycles. The summed E-state index contributed by atoms with van der Waals surface area (Å²) in [5.41, 5.74) is 2.99. The van der Waals surface area contributed by atoms with Crippen LogP contribution >= 0.6 is 11.6 Å². The number of morpholine rings is 1. The summed E-state index contributed by atoms with van der Waals surface area (Å²) in [6.45, 7) is 3.82. The number of benzene rings is 2. The molecule has 2 amide bonds. The Morgan fingerprint density at radius 2 is 2.09 bits per heavy atom. The van der Waals surface area contributed by atoms with Gasteiger partial charge in [0.25, 0.3) is 11.8 Å². The second kappa shape index (κ2) is 8.20. The molecule has 5 rings (SSSR count). The molecule has 166 valence electrons. The van der Waals surface area contributed by atoms with E-state index in [9.17, 15) is 9.59 Å². The summed E-state index contributed by atoms with van der Waals surface area (Å²) in [5, 5.41) is 3.76. The van der Waals surface area contributed by atoms with Crippen LogP contribution in [0.1, 0.15) is 28.2 Å². The molecule has 0 saturated carbocycles. The third-order valence-corrected chi connectivity index (χ3v) is 6.24. The van der Waals surface area contributed by atoms with Gasteiger partial charge >= 0.3 is 0 Å². The normalized spacial score (nSPS) is 21.3. The highest BCUT2D eigenvalue weighted by molar-refractivity contribution is 6.31. The molecule has 0 aliphatic carbocycles. The molecule has 2 aromatic carbocycles. The highest BCUT2D eigenvalue weighted by atomic mass is 35.5. The number of aromatic nitrogens is 2. The minimum Gasteiger partial charge on any atom is -0.378 e. The molecule has 9 heteroatoms. The number of ether oxygens (including phenoxy) is 2. The van der Waals surface area contributed by atoms with Crippen LogP contribution in [0.5, 0.6) is 0 Å². The minimum absolute atomic E-state index is 0.0763. The van der Waals surface area contributed by atoms with Crippen LogP contribution in [0.3, 0.4) is 0 Å². The number of anilines is 1. The first-order chi connectivity index (χ1) is 15.4. The lowest BCUT2D eigenvalue weighted by atomic mass is 9.96. The maximum Gasteiger partial charge on any atom is 0.253 e. The van der Waals surface area contributed by atoms with Crippen molar-refractivity contribution >= 4 is 40.1 Å². The second-order valence-electron chi connectivity index (χ2n) is 8.18. The number of hydrogen-bond acceptors (Lipinski definition) is 5. The summed E-state index contributed by atoms with van der Waals surface area (Å²) in [5.74, 6) is 0.341. The number of halogens is 1. The van der Waals surface area contributed by atoms with Crippen LogP contribution in [0.25, 0.3) is 11.0 Å². The Labute approximate surface area is 189 Å². The van der Waals surface area contributed by atoms with Gasteiger partial charge in [0.1, 0.15) is 18.0 Å². The molecule has 0 spiro atoms. The molecule has 3 aromatic rings. The van der Waals surface area contributed by atoms with Gasteiger partial charge in [0.15, 0.2) is 0 Å². The Bertz CT molecular complexity index is 1200. The first kappa shape index (κ1) is 20.9. The van der Waals surface area contributed by atoms with Crippen molar-refractivity contribution in [3.8, 4) is 0 Å². The van der Waals surface area contributed by atoms with Crippen molar-refractivity contribution in [1.29, 1.82) is 0 Å². The lowest BCUT2D eigenvalue weighted by Gasteiger charge is -2.29. The molecule has 1 unspecified atom stereocenters. The van der Waals surface area contributed by atoms with E-state index >= 15 is 0 Å². The molecular weight excluding hydrogens is 432 g/mol. The summed E-state index contributed by atoms with van der Waals surface area (Å²) < 4.78 is 10.9. The molecule has 1 aromatic heterocycles. The van der Waals surface area contributed by atoms with Gasteiger partial charge in [-0.25, -0.2) is 4.98 Å². The van der Waals surface area contributed by atoms with E-state index < -0.39 is 5.54 Å². The lowest BCUT2D eigenvalue weighted by molar-refractivity contribution is -0.125. The predicted octanol–water partition coefficient (Wildman–Crippen LogP) is 2.93. The maximum atomic E-state index is 13.2. The molecule has 2 fully saturated rings. The number of hydrogen-bond donors (Lipinski definition) is 2. The molecule has 8 nitrogen and oxygen atoms in total. The number of amides is 2. The average Bonchev–Trinajstić information content (AvgIpc) is 3.42. The number of carbonyl (C=O) groups excluding carboxylic acids is 2. The van der Waals surface area contributed by atoms with Crippen molar-refractivity contribution < 1.29 is 19.1 Å². The SMILES string of the molecule is Cc1cc(C(=O)NC2(c3nc4ccc(Cl)cc4[nH]3)CCOC2)ccc1N1CCOCC1=O. The zero-order valence-electron chi connectivity index (χ0n) is 17.6. The number of carbonyl (C=O) groups is 2. The van der Waals surface area contributed by atoms with E-state index in [1.165, 1.54) is 0 Å². The fourth-order valence-corrected chi connectivity index (χ4v) is 4.45. The van der Waals surface area contributed by atoms with E-state index in [1.807, 2.05) is 25.1 Å². The van der Waals surface area contributed by atoms with E-state index in [0.29, 0.717) is 49.2 Å². The zero-order valence-corrected chi connectivity index (χ0v) is 18.4. The number of H-pyrrole nitrogens is 1.